The van der Waals surface area contributed by atoms with Crippen molar-refractivity contribution in [2.45, 2.75) is 19.9 Å². The van der Waals surface area contributed by atoms with E-state index in [0.29, 0.717) is 6.54 Å². The lowest BCUT2D eigenvalue weighted by molar-refractivity contribution is 0.0941. The molecule has 0 bridgehead atoms. The zero-order valence-electron chi connectivity index (χ0n) is 13.0. The van der Waals surface area contributed by atoms with Gasteiger partial charge < -0.3 is 10.2 Å². The Bertz CT molecular complexity index is 605. The zero-order valence-corrected chi connectivity index (χ0v) is 13.8. The summed E-state index contributed by atoms with van der Waals surface area (Å²) in [6, 6.07) is 8.27. The Balaban J connectivity index is 2.07. The maximum atomic E-state index is 12.4. The molecule has 0 unspecified atom stereocenters. The fourth-order valence-corrected chi connectivity index (χ4v) is 3.04. The Morgan fingerprint density at radius 2 is 2.05 bits per heavy atom. The van der Waals surface area contributed by atoms with Crippen LogP contribution in [0.2, 0.25) is 0 Å². The average molecular weight is 302 g/mol. The normalized spacial score (nSPS) is 12.4. The quantitative estimate of drug-likeness (QED) is 0.918. The molecule has 1 heterocycles. The van der Waals surface area contributed by atoms with Crippen molar-refractivity contribution in [3.05, 3.63) is 57.3 Å². The summed E-state index contributed by atoms with van der Waals surface area (Å²) in [5.41, 5.74) is 4.12. The Kier molecular flexibility index (Phi) is 5.15. The second-order valence-corrected chi connectivity index (χ2v) is 6.34. The van der Waals surface area contributed by atoms with E-state index in [1.807, 2.05) is 46.1 Å². The van der Waals surface area contributed by atoms with Gasteiger partial charge in [0.05, 0.1) is 6.04 Å². The van der Waals surface area contributed by atoms with E-state index < -0.39 is 0 Å². The molecule has 0 saturated heterocycles. The number of amides is 1. The molecular formula is C17H22N2OS. The molecule has 21 heavy (non-hydrogen) atoms. The molecule has 0 saturated carbocycles. The number of likely N-dealkylation sites (N-methyl/N-ethyl adjacent to an activating group) is 1. The predicted octanol–water partition coefficient (Wildman–Crippen LogP) is 3.40. The zero-order chi connectivity index (χ0) is 15.4. The molecule has 1 amide bonds. The Morgan fingerprint density at radius 3 is 2.67 bits per heavy atom. The molecule has 1 N–H and O–H groups in total. The van der Waals surface area contributed by atoms with Crippen LogP contribution in [-0.4, -0.2) is 31.4 Å². The smallest absolute Gasteiger partial charge is 0.251 e. The third kappa shape index (κ3) is 3.93. The summed E-state index contributed by atoms with van der Waals surface area (Å²) in [6.07, 6.45) is 0. The number of hydrogen-bond acceptors (Lipinski definition) is 3. The molecule has 4 heteroatoms. The molecule has 1 aromatic carbocycles. The molecule has 3 nitrogen and oxygen atoms in total. The number of hydrogen-bond donors (Lipinski definition) is 1. The van der Waals surface area contributed by atoms with Gasteiger partial charge in [0.2, 0.25) is 0 Å². The van der Waals surface area contributed by atoms with E-state index >= 15 is 0 Å². The number of rotatable bonds is 5. The van der Waals surface area contributed by atoms with Crippen LogP contribution in [0.5, 0.6) is 0 Å². The standard InChI is InChI=1S/C17H22N2OS/c1-12-5-6-13(2)15(9-12)17(20)18-10-16(19(3)4)14-7-8-21-11-14/h5-9,11,16H,10H2,1-4H3,(H,18,20)/t16-/m0/s1. The number of carbonyl (C=O) groups is 1. The first-order chi connectivity index (χ1) is 9.99. The van der Waals surface area contributed by atoms with Crippen LogP contribution in [0.1, 0.15) is 33.1 Å². The van der Waals surface area contributed by atoms with Crippen LogP contribution < -0.4 is 5.32 Å². The van der Waals surface area contributed by atoms with Crippen molar-refractivity contribution in [2.24, 2.45) is 0 Å². The van der Waals surface area contributed by atoms with E-state index in [1.165, 1.54) is 5.56 Å². The lowest BCUT2D eigenvalue weighted by atomic mass is 10.0. The van der Waals surface area contributed by atoms with E-state index in [1.54, 1.807) is 11.3 Å². The van der Waals surface area contributed by atoms with Gasteiger partial charge in [-0.05, 0) is 62.0 Å². The van der Waals surface area contributed by atoms with Gasteiger partial charge in [-0.3, -0.25) is 4.79 Å². The van der Waals surface area contributed by atoms with Crippen LogP contribution in [0.15, 0.2) is 35.0 Å². The first kappa shape index (κ1) is 15.7. The molecular weight excluding hydrogens is 280 g/mol. The average Bonchev–Trinajstić information content (AvgIpc) is 2.95. The molecule has 2 aromatic rings. The highest BCUT2D eigenvalue weighted by Gasteiger charge is 2.17. The van der Waals surface area contributed by atoms with Crippen molar-refractivity contribution in [3.8, 4) is 0 Å². The van der Waals surface area contributed by atoms with Crippen molar-refractivity contribution >= 4 is 17.2 Å². The molecule has 0 aliphatic rings. The lowest BCUT2D eigenvalue weighted by Crippen LogP contribution is -2.34. The van der Waals surface area contributed by atoms with Crippen LogP contribution in [0.25, 0.3) is 0 Å². The van der Waals surface area contributed by atoms with Crippen molar-refractivity contribution < 1.29 is 4.79 Å². The van der Waals surface area contributed by atoms with Crippen LogP contribution in [-0.2, 0) is 0 Å². The van der Waals surface area contributed by atoms with Crippen LogP contribution >= 0.6 is 11.3 Å². The van der Waals surface area contributed by atoms with Gasteiger partial charge in [-0.2, -0.15) is 11.3 Å². The number of benzene rings is 1. The molecule has 0 fully saturated rings. The van der Waals surface area contributed by atoms with Gasteiger partial charge in [-0.1, -0.05) is 17.7 Å². The van der Waals surface area contributed by atoms with Gasteiger partial charge in [0.1, 0.15) is 0 Å². The molecule has 0 aliphatic carbocycles. The molecule has 0 spiro atoms. The number of aryl methyl sites for hydroxylation is 2. The highest BCUT2D eigenvalue weighted by atomic mass is 32.1. The second-order valence-electron chi connectivity index (χ2n) is 5.56. The Hall–Kier alpha value is -1.65. The van der Waals surface area contributed by atoms with E-state index in [-0.39, 0.29) is 11.9 Å². The van der Waals surface area contributed by atoms with Crippen molar-refractivity contribution in [2.75, 3.05) is 20.6 Å². The van der Waals surface area contributed by atoms with Gasteiger partial charge in [0.15, 0.2) is 0 Å². The van der Waals surface area contributed by atoms with Crippen LogP contribution in [0.4, 0.5) is 0 Å². The third-order valence-corrected chi connectivity index (χ3v) is 4.35. The summed E-state index contributed by atoms with van der Waals surface area (Å²) < 4.78 is 0. The van der Waals surface area contributed by atoms with E-state index in [4.69, 9.17) is 0 Å². The summed E-state index contributed by atoms with van der Waals surface area (Å²) in [4.78, 5) is 14.5. The molecule has 0 aliphatic heterocycles. The summed E-state index contributed by atoms with van der Waals surface area (Å²) in [6.45, 7) is 4.58. The summed E-state index contributed by atoms with van der Waals surface area (Å²) >= 11 is 1.68. The SMILES string of the molecule is Cc1ccc(C)c(C(=O)NC[C@@H](c2ccsc2)N(C)C)c1. The summed E-state index contributed by atoms with van der Waals surface area (Å²) in [7, 11) is 4.07. The minimum atomic E-state index is -0.00159. The largest absolute Gasteiger partial charge is 0.350 e. The van der Waals surface area contributed by atoms with Gasteiger partial charge in [0, 0.05) is 12.1 Å². The lowest BCUT2D eigenvalue weighted by Gasteiger charge is -2.24. The van der Waals surface area contributed by atoms with Crippen molar-refractivity contribution in [1.29, 1.82) is 0 Å². The molecule has 2 rings (SSSR count). The minimum absolute atomic E-state index is 0.00159. The van der Waals surface area contributed by atoms with Gasteiger partial charge >= 0.3 is 0 Å². The van der Waals surface area contributed by atoms with E-state index in [2.05, 4.69) is 27.0 Å². The first-order valence-electron chi connectivity index (χ1n) is 7.03. The Labute approximate surface area is 130 Å². The monoisotopic (exact) mass is 302 g/mol. The minimum Gasteiger partial charge on any atom is -0.350 e. The highest BCUT2D eigenvalue weighted by molar-refractivity contribution is 7.07. The fraction of sp³-hybridized carbons (Fsp3) is 0.353. The predicted molar refractivity (Wildman–Crippen MR) is 89.0 cm³/mol. The summed E-state index contributed by atoms with van der Waals surface area (Å²) in [5, 5.41) is 7.26. The second kappa shape index (κ2) is 6.87. The van der Waals surface area contributed by atoms with Crippen LogP contribution in [0, 0.1) is 13.8 Å². The molecule has 1 aromatic heterocycles. The molecule has 1 atom stereocenters. The van der Waals surface area contributed by atoms with Crippen molar-refractivity contribution in [3.63, 3.8) is 0 Å². The number of carbonyl (C=O) groups excluding carboxylic acids is 1. The third-order valence-electron chi connectivity index (χ3n) is 3.64. The van der Waals surface area contributed by atoms with Gasteiger partial charge in [0.25, 0.3) is 5.91 Å². The Morgan fingerprint density at radius 1 is 1.29 bits per heavy atom. The van der Waals surface area contributed by atoms with E-state index in [9.17, 15) is 4.79 Å². The van der Waals surface area contributed by atoms with Gasteiger partial charge in [-0.15, -0.1) is 0 Å². The molecule has 112 valence electrons. The fourth-order valence-electron chi connectivity index (χ4n) is 2.33. The van der Waals surface area contributed by atoms with Crippen molar-refractivity contribution in [1.82, 2.24) is 10.2 Å². The van der Waals surface area contributed by atoms with Gasteiger partial charge in [-0.25, -0.2) is 0 Å². The number of thiophene rings is 1. The summed E-state index contributed by atoms with van der Waals surface area (Å²) in [5.74, 6) is -0.00159. The maximum absolute atomic E-state index is 12.4. The van der Waals surface area contributed by atoms with Crippen LogP contribution in [0.3, 0.4) is 0 Å². The molecule has 0 radical (unpaired) electrons. The first-order valence-corrected chi connectivity index (χ1v) is 7.97. The van der Waals surface area contributed by atoms with E-state index in [0.717, 1.165) is 16.7 Å². The number of nitrogens with one attached hydrogen (secondary N) is 1. The highest BCUT2D eigenvalue weighted by Crippen LogP contribution is 2.20. The number of nitrogens with zero attached hydrogens (tertiary/aromatic N) is 1. The topological polar surface area (TPSA) is 32.3 Å². The maximum Gasteiger partial charge on any atom is 0.251 e.